The van der Waals surface area contributed by atoms with Gasteiger partial charge in [0.05, 0.1) is 5.57 Å². The molecule has 3 N–H and O–H groups in total. The zero-order valence-corrected chi connectivity index (χ0v) is 8.31. The first kappa shape index (κ1) is 11.0. The largest absolute Gasteiger partial charge is 0.478 e. The van der Waals surface area contributed by atoms with Crippen LogP contribution in [0.4, 0.5) is 0 Å². The maximum absolute atomic E-state index is 10.8. The molecule has 0 aliphatic heterocycles. The standard InChI is InChI=1S/C12H13NO2/c1-9-6-7-10(12(14)15)4-2-3-5-11(13)8-9/h3-8H,1-2,13H2,(H,14,15)/b5-3-,7-6-,10-4+,11-8+. The van der Waals surface area contributed by atoms with Crippen LogP contribution in [-0.4, -0.2) is 11.1 Å². The molecule has 1 aliphatic rings. The minimum Gasteiger partial charge on any atom is -0.478 e. The predicted octanol–water partition coefficient (Wildman–Crippen LogP) is 1.91. The molecule has 0 aromatic carbocycles. The van der Waals surface area contributed by atoms with Crippen molar-refractivity contribution in [3.05, 3.63) is 59.9 Å². The van der Waals surface area contributed by atoms with Crippen molar-refractivity contribution < 1.29 is 9.90 Å². The van der Waals surface area contributed by atoms with E-state index in [4.69, 9.17) is 10.8 Å². The van der Waals surface area contributed by atoms with Crippen LogP contribution in [-0.2, 0) is 4.79 Å². The fourth-order valence-corrected chi connectivity index (χ4v) is 1.13. The summed E-state index contributed by atoms with van der Waals surface area (Å²) < 4.78 is 0. The van der Waals surface area contributed by atoms with Crippen LogP contribution in [0.15, 0.2) is 59.9 Å². The Morgan fingerprint density at radius 3 is 2.80 bits per heavy atom. The van der Waals surface area contributed by atoms with Crippen LogP contribution in [0, 0.1) is 0 Å². The van der Waals surface area contributed by atoms with Crippen molar-refractivity contribution in [2.45, 2.75) is 6.42 Å². The molecule has 0 aromatic heterocycles. The Hall–Kier alpha value is -2.03. The number of nitrogens with two attached hydrogens (primary N) is 1. The van der Waals surface area contributed by atoms with E-state index in [1.54, 1.807) is 30.4 Å². The average Bonchev–Trinajstić information content (AvgIpc) is 2.15. The topological polar surface area (TPSA) is 63.3 Å². The lowest BCUT2D eigenvalue weighted by atomic mass is 10.1. The Labute approximate surface area is 88.6 Å². The van der Waals surface area contributed by atoms with Crippen molar-refractivity contribution >= 4 is 5.97 Å². The number of carboxylic acids is 1. The van der Waals surface area contributed by atoms with Crippen LogP contribution in [0.1, 0.15) is 6.42 Å². The molecule has 0 spiro atoms. The Balaban J connectivity index is 2.98. The van der Waals surface area contributed by atoms with Gasteiger partial charge in [0, 0.05) is 5.70 Å². The first-order chi connectivity index (χ1) is 7.09. The van der Waals surface area contributed by atoms with Crippen LogP contribution in [0.2, 0.25) is 0 Å². The molecule has 0 heterocycles. The number of aliphatic carboxylic acids is 1. The second-order valence-corrected chi connectivity index (χ2v) is 3.16. The quantitative estimate of drug-likeness (QED) is 0.684. The lowest BCUT2D eigenvalue weighted by Gasteiger charge is -1.98. The van der Waals surface area contributed by atoms with E-state index in [9.17, 15) is 4.79 Å². The molecule has 0 saturated heterocycles. The van der Waals surface area contributed by atoms with Crippen molar-refractivity contribution in [1.29, 1.82) is 0 Å². The second-order valence-electron chi connectivity index (χ2n) is 3.16. The van der Waals surface area contributed by atoms with Gasteiger partial charge in [-0.1, -0.05) is 24.8 Å². The monoisotopic (exact) mass is 203 g/mol. The highest BCUT2D eigenvalue weighted by Gasteiger charge is 2.01. The van der Waals surface area contributed by atoms with Crippen LogP contribution >= 0.6 is 0 Å². The fraction of sp³-hybridized carbons (Fsp3) is 0.0833. The number of carboxylic acid groups (broad SMARTS) is 1. The summed E-state index contributed by atoms with van der Waals surface area (Å²) in [6.45, 7) is 3.74. The third-order valence-electron chi connectivity index (χ3n) is 1.86. The average molecular weight is 203 g/mol. The molecule has 0 atom stereocenters. The van der Waals surface area contributed by atoms with Gasteiger partial charge in [-0.3, -0.25) is 0 Å². The SMILES string of the molecule is C=C1/C=C\C(C(=O)O)=C/C/C=C\C(N)=C/1. The van der Waals surface area contributed by atoms with Gasteiger partial charge < -0.3 is 10.8 Å². The molecular formula is C12H13NO2. The highest BCUT2D eigenvalue weighted by atomic mass is 16.4. The molecule has 1 aliphatic carbocycles. The molecule has 0 fully saturated rings. The molecule has 1 rings (SSSR count). The molecule has 0 radical (unpaired) electrons. The minimum atomic E-state index is -0.940. The molecule has 0 saturated carbocycles. The van der Waals surface area contributed by atoms with E-state index in [1.807, 2.05) is 0 Å². The summed E-state index contributed by atoms with van der Waals surface area (Å²) >= 11 is 0. The van der Waals surface area contributed by atoms with Gasteiger partial charge in [0.1, 0.15) is 0 Å². The van der Waals surface area contributed by atoms with Crippen molar-refractivity contribution in [2.24, 2.45) is 5.73 Å². The molecule has 0 amide bonds. The van der Waals surface area contributed by atoms with Gasteiger partial charge in [0.25, 0.3) is 0 Å². The van der Waals surface area contributed by atoms with Crippen molar-refractivity contribution in [1.82, 2.24) is 0 Å². The summed E-state index contributed by atoms with van der Waals surface area (Å²) in [5.74, 6) is -0.940. The number of hydrogen-bond donors (Lipinski definition) is 2. The number of carbonyl (C=O) groups is 1. The highest BCUT2D eigenvalue weighted by Crippen LogP contribution is 2.08. The Morgan fingerprint density at radius 1 is 1.40 bits per heavy atom. The molecular weight excluding hydrogens is 190 g/mol. The summed E-state index contributed by atoms with van der Waals surface area (Å²) in [5.41, 5.74) is 7.19. The number of allylic oxidation sites excluding steroid dienone is 6. The first-order valence-corrected chi connectivity index (χ1v) is 4.54. The fourth-order valence-electron chi connectivity index (χ4n) is 1.13. The maximum Gasteiger partial charge on any atom is 0.335 e. The normalized spacial score (nSPS) is 28.1. The molecule has 3 heteroatoms. The van der Waals surface area contributed by atoms with E-state index in [-0.39, 0.29) is 5.57 Å². The molecule has 0 bridgehead atoms. The lowest BCUT2D eigenvalue weighted by Crippen LogP contribution is -1.98. The molecule has 0 aromatic rings. The van der Waals surface area contributed by atoms with E-state index >= 15 is 0 Å². The van der Waals surface area contributed by atoms with Gasteiger partial charge in [-0.25, -0.2) is 4.79 Å². The van der Waals surface area contributed by atoms with E-state index in [1.165, 1.54) is 6.08 Å². The highest BCUT2D eigenvalue weighted by molar-refractivity contribution is 5.90. The van der Waals surface area contributed by atoms with Crippen molar-refractivity contribution in [3.8, 4) is 0 Å². The Bertz CT molecular complexity index is 398. The van der Waals surface area contributed by atoms with Gasteiger partial charge >= 0.3 is 5.97 Å². The summed E-state index contributed by atoms with van der Waals surface area (Å²) in [6.07, 6.45) is 10.6. The third-order valence-corrected chi connectivity index (χ3v) is 1.86. The Morgan fingerprint density at radius 2 is 2.13 bits per heavy atom. The van der Waals surface area contributed by atoms with Crippen LogP contribution in [0.3, 0.4) is 0 Å². The first-order valence-electron chi connectivity index (χ1n) is 4.54. The number of rotatable bonds is 1. The molecule has 0 unspecified atom stereocenters. The predicted molar refractivity (Wildman–Crippen MR) is 60.0 cm³/mol. The second kappa shape index (κ2) is 5.00. The van der Waals surface area contributed by atoms with Crippen molar-refractivity contribution in [2.75, 3.05) is 0 Å². The van der Waals surface area contributed by atoms with Crippen molar-refractivity contribution in [3.63, 3.8) is 0 Å². The van der Waals surface area contributed by atoms with Gasteiger partial charge in [-0.2, -0.15) is 0 Å². The van der Waals surface area contributed by atoms with Crippen LogP contribution < -0.4 is 5.73 Å². The molecule has 15 heavy (non-hydrogen) atoms. The summed E-state index contributed by atoms with van der Waals surface area (Å²) in [4.78, 5) is 10.8. The van der Waals surface area contributed by atoms with E-state index in [0.717, 1.165) is 0 Å². The summed E-state index contributed by atoms with van der Waals surface area (Å²) in [6, 6.07) is 0. The Kier molecular flexibility index (Phi) is 3.68. The van der Waals surface area contributed by atoms with Crippen LogP contribution in [0.25, 0.3) is 0 Å². The summed E-state index contributed by atoms with van der Waals surface area (Å²) in [7, 11) is 0. The third kappa shape index (κ3) is 3.68. The van der Waals surface area contributed by atoms with E-state index in [0.29, 0.717) is 17.7 Å². The van der Waals surface area contributed by atoms with E-state index < -0.39 is 5.97 Å². The van der Waals surface area contributed by atoms with E-state index in [2.05, 4.69) is 6.58 Å². The maximum atomic E-state index is 10.8. The van der Waals surface area contributed by atoms with Gasteiger partial charge in [0.15, 0.2) is 0 Å². The number of hydrogen-bond acceptors (Lipinski definition) is 2. The minimum absolute atomic E-state index is 0.259. The zero-order valence-electron chi connectivity index (χ0n) is 8.31. The molecule has 3 nitrogen and oxygen atoms in total. The van der Waals surface area contributed by atoms with Gasteiger partial charge in [-0.15, -0.1) is 0 Å². The lowest BCUT2D eigenvalue weighted by molar-refractivity contribution is -0.132. The van der Waals surface area contributed by atoms with Crippen LogP contribution in [0.5, 0.6) is 0 Å². The van der Waals surface area contributed by atoms with Gasteiger partial charge in [-0.05, 0) is 30.2 Å². The zero-order chi connectivity index (χ0) is 11.3. The van der Waals surface area contributed by atoms with Gasteiger partial charge in [0.2, 0.25) is 0 Å². The smallest absolute Gasteiger partial charge is 0.335 e. The summed E-state index contributed by atoms with van der Waals surface area (Å²) in [5, 5.41) is 8.84. The molecule has 78 valence electrons.